The molecule has 1 aliphatic rings. The molecule has 0 aliphatic carbocycles. The molecule has 1 heteroatoms. The third kappa shape index (κ3) is 1.11. The van der Waals surface area contributed by atoms with Gasteiger partial charge < -0.3 is 4.90 Å². The largest absolute Gasteiger partial charge is 0.325 e. The maximum absolute atomic E-state index is 3.78. The Bertz CT molecular complexity index is 187. The van der Waals surface area contributed by atoms with E-state index in [1.54, 1.807) is 6.20 Å². The van der Waals surface area contributed by atoms with E-state index in [2.05, 4.69) is 13.2 Å². The highest BCUT2D eigenvalue weighted by Gasteiger charge is 1.96. The van der Waals surface area contributed by atoms with Crippen LogP contribution in [0.15, 0.2) is 49.5 Å². The molecule has 0 saturated heterocycles. The molecule has 0 atom stereocenters. The van der Waals surface area contributed by atoms with E-state index in [9.17, 15) is 0 Å². The Hall–Kier alpha value is -1.24. The fourth-order valence-electron chi connectivity index (χ4n) is 0.669. The van der Waals surface area contributed by atoms with Gasteiger partial charge in [-0.15, -0.1) is 0 Å². The molecule has 0 N–H and O–H groups in total. The summed E-state index contributed by atoms with van der Waals surface area (Å²) in [7, 11) is 0. The van der Waals surface area contributed by atoms with Gasteiger partial charge in [-0.1, -0.05) is 19.2 Å². The van der Waals surface area contributed by atoms with Gasteiger partial charge in [0.1, 0.15) is 0 Å². The maximum Gasteiger partial charge on any atom is 0.0377 e. The molecule has 1 heterocycles. The average molecular weight is 119 g/mol. The standard InChI is InChI=1S/C8H9N/c1-3-9-7-5-4-6-8(9)2/h3-7H,1-2H2. The molecule has 1 nitrogen and oxygen atoms in total. The van der Waals surface area contributed by atoms with Crippen LogP contribution in [0.4, 0.5) is 0 Å². The summed E-state index contributed by atoms with van der Waals surface area (Å²) in [6.45, 7) is 7.40. The Morgan fingerprint density at radius 3 is 2.67 bits per heavy atom. The Balaban J connectivity index is 2.77. The van der Waals surface area contributed by atoms with E-state index in [1.165, 1.54) is 0 Å². The van der Waals surface area contributed by atoms with Gasteiger partial charge in [-0.2, -0.15) is 0 Å². The van der Waals surface area contributed by atoms with Crippen LogP contribution >= 0.6 is 0 Å². The van der Waals surface area contributed by atoms with Crippen molar-refractivity contribution >= 4 is 0 Å². The zero-order valence-electron chi connectivity index (χ0n) is 5.25. The first-order chi connectivity index (χ1) is 4.34. The SMILES string of the molecule is C=CN1C=CC=CC1=C. The molecule has 0 amide bonds. The van der Waals surface area contributed by atoms with Gasteiger partial charge in [0.15, 0.2) is 0 Å². The zero-order valence-corrected chi connectivity index (χ0v) is 5.25. The van der Waals surface area contributed by atoms with Gasteiger partial charge in [0.2, 0.25) is 0 Å². The van der Waals surface area contributed by atoms with Crippen molar-refractivity contribution in [3.8, 4) is 0 Å². The van der Waals surface area contributed by atoms with Crippen molar-refractivity contribution in [1.29, 1.82) is 0 Å². The van der Waals surface area contributed by atoms with Crippen LogP contribution in [0.1, 0.15) is 0 Å². The van der Waals surface area contributed by atoms with Gasteiger partial charge in [0.05, 0.1) is 0 Å². The molecule has 0 fully saturated rings. The highest BCUT2D eigenvalue weighted by Crippen LogP contribution is 2.08. The van der Waals surface area contributed by atoms with E-state index in [1.807, 2.05) is 29.3 Å². The summed E-state index contributed by atoms with van der Waals surface area (Å²) in [6.07, 6.45) is 9.46. The van der Waals surface area contributed by atoms with E-state index < -0.39 is 0 Å². The molecular formula is C8H9N. The van der Waals surface area contributed by atoms with E-state index in [0.717, 1.165) is 5.70 Å². The molecule has 46 valence electrons. The number of rotatable bonds is 1. The Morgan fingerprint density at radius 2 is 2.22 bits per heavy atom. The predicted octanol–water partition coefficient (Wildman–Crippen LogP) is 2.03. The highest BCUT2D eigenvalue weighted by atomic mass is 15.1. The van der Waals surface area contributed by atoms with Crippen molar-refractivity contribution < 1.29 is 0 Å². The minimum Gasteiger partial charge on any atom is -0.325 e. The van der Waals surface area contributed by atoms with Crippen LogP contribution in [0.25, 0.3) is 0 Å². The van der Waals surface area contributed by atoms with Crippen molar-refractivity contribution in [3.05, 3.63) is 49.5 Å². The van der Waals surface area contributed by atoms with Gasteiger partial charge in [0, 0.05) is 18.1 Å². The normalized spacial score (nSPS) is 16.4. The topological polar surface area (TPSA) is 3.24 Å². The molecular weight excluding hydrogens is 110 g/mol. The van der Waals surface area contributed by atoms with Crippen LogP contribution in [0.3, 0.4) is 0 Å². The summed E-state index contributed by atoms with van der Waals surface area (Å²) in [5.41, 5.74) is 0.951. The number of hydrogen-bond donors (Lipinski definition) is 0. The fraction of sp³-hybridized carbons (Fsp3) is 0. The Kier molecular flexibility index (Phi) is 1.54. The van der Waals surface area contributed by atoms with E-state index in [4.69, 9.17) is 0 Å². The van der Waals surface area contributed by atoms with Crippen molar-refractivity contribution in [3.63, 3.8) is 0 Å². The predicted molar refractivity (Wildman–Crippen MR) is 39.5 cm³/mol. The summed E-state index contributed by atoms with van der Waals surface area (Å²) in [5.74, 6) is 0. The van der Waals surface area contributed by atoms with Crippen LogP contribution in [0, 0.1) is 0 Å². The minimum absolute atomic E-state index is 0.951. The molecule has 0 aromatic rings. The van der Waals surface area contributed by atoms with Crippen LogP contribution in [0.5, 0.6) is 0 Å². The van der Waals surface area contributed by atoms with E-state index >= 15 is 0 Å². The third-order valence-corrected chi connectivity index (χ3v) is 1.17. The lowest BCUT2D eigenvalue weighted by atomic mass is 10.3. The number of nitrogens with zero attached hydrogens (tertiary/aromatic N) is 1. The summed E-state index contributed by atoms with van der Waals surface area (Å²) in [6, 6.07) is 0. The first kappa shape index (κ1) is 5.89. The number of hydrogen-bond acceptors (Lipinski definition) is 1. The molecule has 0 spiro atoms. The van der Waals surface area contributed by atoms with Crippen molar-refractivity contribution in [2.24, 2.45) is 0 Å². The van der Waals surface area contributed by atoms with Gasteiger partial charge in [-0.3, -0.25) is 0 Å². The first-order valence-corrected chi connectivity index (χ1v) is 2.79. The second-order valence-corrected chi connectivity index (χ2v) is 1.78. The van der Waals surface area contributed by atoms with Gasteiger partial charge in [-0.25, -0.2) is 0 Å². The van der Waals surface area contributed by atoms with Crippen molar-refractivity contribution in [2.75, 3.05) is 0 Å². The molecule has 0 aromatic carbocycles. The van der Waals surface area contributed by atoms with E-state index in [0.29, 0.717) is 0 Å². The molecule has 0 bridgehead atoms. The third-order valence-electron chi connectivity index (χ3n) is 1.17. The molecule has 1 rings (SSSR count). The van der Waals surface area contributed by atoms with Crippen LogP contribution in [-0.2, 0) is 0 Å². The first-order valence-electron chi connectivity index (χ1n) is 2.79. The number of allylic oxidation sites excluding steroid dienone is 3. The molecule has 0 aromatic heterocycles. The lowest BCUT2D eigenvalue weighted by molar-refractivity contribution is 0.651. The second-order valence-electron chi connectivity index (χ2n) is 1.78. The summed E-state index contributed by atoms with van der Waals surface area (Å²) in [5, 5.41) is 0. The summed E-state index contributed by atoms with van der Waals surface area (Å²) >= 11 is 0. The highest BCUT2D eigenvalue weighted by molar-refractivity contribution is 5.26. The lowest BCUT2D eigenvalue weighted by Crippen LogP contribution is -2.06. The average Bonchev–Trinajstić information content (AvgIpc) is 1.89. The van der Waals surface area contributed by atoms with Gasteiger partial charge in [-0.05, 0) is 12.2 Å². The van der Waals surface area contributed by atoms with Crippen molar-refractivity contribution in [2.45, 2.75) is 0 Å². The molecule has 0 unspecified atom stereocenters. The Morgan fingerprint density at radius 1 is 1.44 bits per heavy atom. The fourth-order valence-corrected chi connectivity index (χ4v) is 0.669. The van der Waals surface area contributed by atoms with Crippen LogP contribution < -0.4 is 0 Å². The second kappa shape index (κ2) is 2.35. The monoisotopic (exact) mass is 119 g/mol. The molecule has 9 heavy (non-hydrogen) atoms. The van der Waals surface area contributed by atoms with Crippen LogP contribution in [-0.4, -0.2) is 4.90 Å². The molecule has 0 saturated carbocycles. The van der Waals surface area contributed by atoms with Gasteiger partial charge in [0.25, 0.3) is 0 Å². The summed E-state index contributed by atoms with van der Waals surface area (Å²) in [4.78, 5) is 1.86. The maximum atomic E-state index is 3.78. The zero-order chi connectivity index (χ0) is 6.69. The summed E-state index contributed by atoms with van der Waals surface area (Å²) < 4.78 is 0. The minimum atomic E-state index is 0.951. The Labute approximate surface area is 55.3 Å². The molecule has 0 radical (unpaired) electrons. The quantitative estimate of drug-likeness (QED) is 0.510. The smallest absolute Gasteiger partial charge is 0.0377 e. The molecule has 1 aliphatic heterocycles. The van der Waals surface area contributed by atoms with Crippen LogP contribution in [0.2, 0.25) is 0 Å². The van der Waals surface area contributed by atoms with Crippen molar-refractivity contribution in [1.82, 2.24) is 4.90 Å². The van der Waals surface area contributed by atoms with E-state index in [-0.39, 0.29) is 0 Å². The lowest BCUT2D eigenvalue weighted by Gasteiger charge is -2.16. The van der Waals surface area contributed by atoms with Gasteiger partial charge >= 0.3 is 0 Å².